The van der Waals surface area contributed by atoms with Crippen molar-refractivity contribution < 1.29 is 22.7 Å². The number of carbonyl (C=O) groups excluding carboxylic acids is 2. The SMILES string of the molecule is COc1ccc(/C=C/C(=O)Nc2sc3c(c2C(=O)N[C@@H]2CCS(=O)(=O)C2)CCCC3)cc1. The van der Waals surface area contributed by atoms with Crippen molar-refractivity contribution in [2.45, 2.75) is 38.1 Å². The van der Waals surface area contributed by atoms with Crippen molar-refractivity contribution in [1.82, 2.24) is 5.32 Å². The molecule has 1 saturated heterocycles. The minimum absolute atomic E-state index is 0.0304. The Hall–Kier alpha value is -2.65. The largest absolute Gasteiger partial charge is 0.497 e. The van der Waals surface area contributed by atoms with Crippen molar-refractivity contribution in [2.24, 2.45) is 0 Å². The first-order chi connectivity index (χ1) is 15.3. The van der Waals surface area contributed by atoms with E-state index in [1.807, 2.05) is 24.3 Å². The molecule has 1 aliphatic heterocycles. The van der Waals surface area contributed by atoms with E-state index in [4.69, 9.17) is 4.74 Å². The Labute approximate surface area is 191 Å². The average molecular weight is 475 g/mol. The summed E-state index contributed by atoms with van der Waals surface area (Å²) < 4.78 is 28.7. The second kappa shape index (κ2) is 9.46. The zero-order valence-corrected chi connectivity index (χ0v) is 19.5. The first-order valence-corrected chi connectivity index (χ1v) is 13.3. The Kier molecular flexibility index (Phi) is 6.66. The van der Waals surface area contributed by atoms with Gasteiger partial charge in [-0.2, -0.15) is 0 Å². The van der Waals surface area contributed by atoms with Gasteiger partial charge in [-0.1, -0.05) is 12.1 Å². The van der Waals surface area contributed by atoms with Crippen LogP contribution in [-0.4, -0.2) is 44.9 Å². The number of aryl methyl sites for hydroxylation is 1. The van der Waals surface area contributed by atoms with Crippen LogP contribution in [-0.2, 0) is 27.5 Å². The normalized spacial score (nSPS) is 19.5. The van der Waals surface area contributed by atoms with E-state index in [-0.39, 0.29) is 29.4 Å². The van der Waals surface area contributed by atoms with Gasteiger partial charge >= 0.3 is 0 Å². The zero-order valence-electron chi connectivity index (χ0n) is 17.8. The van der Waals surface area contributed by atoms with Gasteiger partial charge in [0.25, 0.3) is 5.91 Å². The highest BCUT2D eigenvalue weighted by Gasteiger charge is 2.32. The minimum Gasteiger partial charge on any atom is -0.497 e. The van der Waals surface area contributed by atoms with E-state index in [0.717, 1.165) is 47.4 Å². The van der Waals surface area contributed by atoms with Crippen LogP contribution >= 0.6 is 11.3 Å². The van der Waals surface area contributed by atoms with E-state index in [0.29, 0.717) is 17.0 Å². The zero-order chi connectivity index (χ0) is 22.7. The van der Waals surface area contributed by atoms with Crippen LogP contribution in [0, 0.1) is 0 Å². The summed E-state index contributed by atoms with van der Waals surface area (Å²) >= 11 is 1.44. The highest BCUT2D eigenvalue weighted by atomic mass is 32.2. The number of carbonyl (C=O) groups is 2. The second-order valence-electron chi connectivity index (χ2n) is 8.08. The van der Waals surface area contributed by atoms with Crippen molar-refractivity contribution in [3.8, 4) is 5.75 Å². The molecule has 1 aliphatic carbocycles. The Morgan fingerprint density at radius 3 is 2.59 bits per heavy atom. The first-order valence-electron chi connectivity index (χ1n) is 10.6. The van der Waals surface area contributed by atoms with Crippen molar-refractivity contribution in [3.05, 3.63) is 51.9 Å². The number of benzene rings is 1. The van der Waals surface area contributed by atoms with Crippen LogP contribution in [0.5, 0.6) is 5.75 Å². The molecule has 0 spiro atoms. The van der Waals surface area contributed by atoms with Crippen LogP contribution in [0.4, 0.5) is 5.00 Å². The molecular formula is C23H26N2O5S2. The number of sulfone groups is 1. The first kappa shape index (κ1) is 22.5. The fraction of sp³-hybridized carbons (Fsp3) is 0.391. The van der Waals surface area contributed by atoms with Gasteiger partial charge in [0, 0.05) is 17.0 Å². The van der Waals surface area contributed by atoms with E-state index in [2.05, 4.69) is 10.6 Å². The molecule has 1 fully saturated rings. The minimum atomic E-state index is -3.09. The molecule has 4 rings (SSSR count). The van der Waals surface area contributed by atoms with Crippen LogP contribution in [0.25, 0.3) is 6.08 Å². The smallest absolute Gasteiger partial charge is 0.254 e. The number of anilines is 1. The summed E-state index contributed by atoms with van der Waals surface area (Å²) in [6.07, 6.45) is 7.28. The Bertz CT molecular complexity index is 1150. The Morgan fingerprint density at radius 2 is 1.91 bits per heavy atom. The van der Waals surface area contributed by atoms with E-state index in [9.17, 15) is 18.0 Å². The third kappa shape index (κ3) is 5.21. The molecule has 2 heterocycles. The standard InChI is InChI=1S/C23H26N2O5S2/c1-30-17-9-6-15(7-10-17)8-11-20(26)25-23-21(18-4-2-3-5-19(18)31-23)22(27)24-16-12-13-32(28,29)14-16/h6-11,16H,2-5,12-14H2,1H3,(H,24,27)(H,25,26)/b11-8+/t16-/m1/s1. The molecule has 2 aliphatic rings. The van der Waals surface area contributed by atoms with Gasteiger partial charge in [0.2, 0.25) is 5.91 Å². The Balaban J connectivity index is 1.51. The van der Waals surface area contributed by atoms with E-state index in [1.54, 1.807) is 13.2 Å². The second-order valence-corrected chi connectivity index (χ2v) is 11.4. The summed E-state index contributed by atoms with van der Waals surface area (Å²) in [6, 6.07) is 6.94. The number of fused-ring (bicyclic) bond motifs is 1. The number of methoxy groups -OCH3 is 1. The van der Waals surface area contributed by atoms with Crippen molar-refractivity contribution >= 4 is 44.1 Å². The van der Waals surface area contributed by atoms with E-state index < -0.39 is 9.84 Å². The molecule has 9 heteroatoms. The molecule has 0 bridgehead atoms. The summed E-state index contributed by atoms with van der Waals surface area (Å²) in [6.45, 7) is 0. The highest BCUT2D eigenvalue weighted by Crippen LogP contribution is 2.38. The van der Waals surface area contributed by atoms with Gasteiger partial charge in [-0.15, -0.1) is 11.3 Å². The van der Waals surface area contributed by atoms with Crippen LogP contribution in [0.15, 0.2) is 30.3 Å². The monoisotopic (exact) mass is 474 g/mol. The predicted octanol–water partition coefficient (Wildman–Crippen LogP) is 3.20. The van der Waals surface area contributed by atoms with Crippen LogP contribution in [0.2, 0.25) is 0 Å². The molecule has 0 saturated carbocycles. The van der Waals surface area contributed by atoms with Gasteiger partial charge in [0.05, 0.1) is 24.2 Å². The lowest BCUT2D eigenvalue weighted by Gasteiger charge is -2.15. The van der Waals surface area contributed by atoms with Gasteiger partial charge in [-0.05, 0) is 61.4 Å². The molecule has 2 N–H and O–H groups in total. The highest BCUT2D eigenvalue weighted by molar-refractivity contribution is 7.91. The van der Waals surface area contributed by atoms with Crippen molar-refractivity contribution in [3.63, 3.8) is 0 Å². The number of nitrogens with one attached hydrogen (secondary N) is 2. The number of amides is 2. The van der Waals surface area contributed by atoms with E-state index in [1.165, 1.54) is 17.4 Å². The molecule has 7 nitrogen and oxygen atoms in total. The molecular weight excluding hydrogens is 448 g/mol. The summed E-state index contributed by atoms with van der Waals surface area (Å²) in [4.78, 5) is 26.8. The number of hydrogen-bond acceptors (Lipinski definition) is 6. The number of ether oxygens (including phenoxy) is 1. The molecule has 1 aromatic carbocycles. The predicted molar refractivity (Wildman–Crippen MR) is 126 cm³/mol. The van der Waals surface area contributed by atoms with Crippen LogP contribution in [0.3, 0.4) is 0 Å². The quantitative estimate of drug-likeness (QED) is 0.626. The summed E-state index contributed by atoms with van der Waals surface area (Å²) in [5, 5.41) is 6.28. The number of thiophene rings is 1. The summed E-state index contributed by atoms with van der Waals surface area (Å²) in [5.74, 6) is 0.177. The fourth-order valence-electron chi connectivity index (χ4n) is 4.10. The maximum Gasteiger partial charge on any atom is 0.254 e. The molecule has 1 atom stereocenters. The molecule has 1 aromatic heterocycles. The van der Waals surface area contributed by atoms with Crippen molar-refractivity contribution in [2.75, 3.05) is 23.9 Å². The van der Waals surface area contributed by atoms with Gasteiger partial charge < -0.3 is 15.4 Å². The molecule has 0 radical (unpaired) electrons. The lowest BCUT2D eigenvalue weighted by molar-refractivity contribution is -0.111. The molecule has 0 unspecified atom stereocenters. The van der Waals surface area contributed by atoms with Gasteiger partial charge in [0.1, 0.15) is 10.8 Å². The molecule has 2 amide bonds. The van der Waals surface area contributed by atoms with Crippen LogP contribution in [0.1, 0.15) is 45.6 Å². The number of rotatable bonds is 6. The topological polar surface area (TPSA) is 102 Å². The Morgan fingerprint density at radius 1 is 1.16 bits per heavy atom. The lowest BCUT2D eigenvalue weighted by atomic mass is 9.95. The summed E-state index contributed by atoms with van der Waals surface area (Å²) in [7, 11) is -1.50. The number of hydrogen-bond donors (Lipinski definition) is 2. The van der Waals surface area contributed by atoms with Gasteiger partial charge in [-0.3, -0.25) is 9.59 Å². The maximum atomic E-state index is 13.1. The average Bonchev–Trinajstić information content (AvgIpc) is 3.31. The molecule has 2 aromatic rings. The third-order valence-corrected chi connectivity index (χ3v) is 8.72. The maximum absolute atomic E-state index is 13.1. The summed E-state index contributed by atoms with van der Waals surface area (Å²) in [5.41, 5.74) is 2.32. The molecule has 32 heavy (non-hydrogen) atoms. The van der Waals surface area contributed by atoms with Crippen molar-refractivity contribution in [1.29, 1.82) is 0 Å². The third-order valence-electron chi connectivity index (χ3n) is 5.75. The van der Waals surface area contributed by atoms with E-state index >= 15 is 0 Å². The van der Waals surface area contributed by atoms with Gasteiger partial charge in [0.15, 0.2) is 9.84 Å². The molecule has 170 valence electrons. The fourth-order valence-corrected chi connectivity index (χ4v) is 7.06. The van der Waals surface area contributed by atoms with Gasteiger partial charge in [-0.25, -0.2) is 8.42 Å². The lowest BCUT2D eigenvalue weighted by Crippen LogP contribution is -2.36. The van der Waals surface area contributed by atoms with Crippen LogP contribution < -0.4 is 15.4 Å².